The summed E-state index contributed by atoms with van der Waals surface area (Å²) in [5.41, 5.74) is 6.38. The normalized spacial score (nSPS) is 21.8. The molecular formula is C14H19FN2O2. The van der Waals surface area contributed by atoms with E-state index in [4.69, 9.17) is 10.5 Å². The number of anilines is 2. The summed E-state index contributed by atoms with van der Waals surface area (Å²) in [6.07, 6.45) is 2.56. The molecule has 104 valence electrons. The van der Waals surface area contributed by atoms with Gasteiger partial charge in [0.25, 0.3) is 0 Å². The number of ether oxygens (including phenoxy) is 1. The maximum absolute atomic E-state index is 13.1. The first-order valence-corrected chi connectivity index (χ1v) is 6.55. The van der Waals surface area contributed by atoms with Crippen LogP contribution in [-0.4, -0.2) is 18.6 Å². The van der Waals surface area contributed by atoms with Crippen LogP contribution in [0.15, 0.2) is 18.2 Å². The van der Waals surface area contributed by atoms with Crippen molar-refractivity contribution in [2.45, 2.75) is 32.3 Å². The minimum absolute atomic E-state index is 0.128. The van der Waals surface area contributed by atoms with E-state index in [-0.39, 0.29) is 5.91 Å². The van der Waals surface area contributed by atoms with E-state index in [1.54, 1.807) is 0 Å². The summed E-state index contributed by atoms with van der Waals surface area (Å²) in [6.45, 7) is 2.68. The van der Waals surface area contributed by atoms with Crippen LogP contribution >= 0.6 is 0 Å². The second-order valence-electron chi connectivity index (χ2n) is 4.90. The topological polar surface area (TPSA) is 64.3 Å². The van der Waals surface area contributed by atoms with Crippen LogP contribution in [0, 0.1) is 11.7 Å². The second-order valence-corrected chi connectivity index (χ2v) is 4.90. The van der Waals surface area contributed by atoms with E-state index in [9.17, 15) is 9.18 Å². The van der Waals surface area contributed by atoms with Gasteiger partial charge >= 0.3 is 0 Å². The van der Waals surface area contributed by atoms with E-state index < -0.39 is 5.82 Å². The highest BCUT2D eigenvalue weighted by Crippen LogP contribution is 2.33. The second kappa shape index (κ2) is 6.02. The summed E-state index contributed by atoms with van der Waals surface area (Å²) in [5.74, 6) is -0.187. The first-order valence-electron chi connectivity index (χ1n) is 6.55. The standard InChI is InChI=1S/C14H19FN2O2/c1-2-19-11-5-9(6-11)7-14(18)17-13-8-10(15)3-4-12(13)16/h3-4,8-9,11H,2,5-7,16H2,1H3,(H,17,18). The van der Waals surface area contributed by atoms with Gasteiger partial charge in [0, 0.05) is 13.0 Å². The molecule has 1 aromatic rings. The number of nitrogen functional groups attached to an aromatic ring is 1. The number of carbonyl (C=O) groups excluding carboxylic acids is 1. The molecule has 1 aliphatic carbocycles. The molecule has 1 fully saturated rings. The molecule has 0 saturated heterocycles. The molecule has 0 heterocycles. The minimum atomic E-state index is -0.412. The Kier molecular flexibility index (Phi) is 4.37. The van der Waals surface area contributed by atoms with E-state index in [1.165, 1.54) is 18.2 Å². The monoisotopic (exact) mass is 266 g/mol. The highest BCUT2D eigenvalue weighted by Gasteiger charge is 2.31. The molecule has 19 heavy (non-hydrogen) atoms. The van der Waals surface area contributed by atoms with Gasteiger partial charge in [0.1, 0.15) is 5.82 Å². The number of nitrogens with one attached hydrogen (secondary N) is 1. The van der Waals surface area contributed by atoms with Crippen molar-refractivity contribution in [3.63, 3.8) is 0 Å². The molecule has 4 nitrogen and oxygen atoms in total. The summed E-state index contributed by atoms with van der Waals surface area (Å²) in [4.78, 5) is 11.8. The molecule has 0 unspecified atom stereocenters. The van der Waals surface area contributed by atoms with Gasteiger partial charge in [-0.1, -0.05) is 0 Å². The number of halogens is 1. The lowest BCUT2D eigenvalue weighted by Gasteiger charge is -2.34. The number of benzene rings is 1. The quantitative estimate of drug-likeness (QED) is 0.805. The Bertz CT molecular complexity index is 459. The van der Waals surface area contributed by atoms with E-state index in [1.807, 2.05) is 6.92 Å². The molecule has 0 aromatic heterocycles. The highest BCUT2D eigenvalue weighted by atomic mass is 19.1. The molecule has 1 aromatic carbocycles. The smallest absolute Gasteiger partial charge is 0.224 e. The largest absolute Gasteiger partial charge is 0.397 e. The van der Waals surface area contributed by atoms with Crippen molar-refractivity contribution in [3.05, 3.63) is 24.0 Å². The average Bonchev–Trinajstić information content (AvgIpc) is 2.31. The Morgan fingerprint density at radius 2 is 2.26 bits per heavy atom. The zero-order chi connectivity index (χ0) is 13.8. The van der Waals surface area contributed by atoms with Crippen molar-refractivity contribution in [1.29, 1.82) is 0 Å². The summed E-state index contributed by atoms with van der Waals surface area (Å²) in [7, 11) is 0. The van der Waals surface area contributed by atoms with E-state index in [0.29, 0.717) is 36.4 Å². The Morgan fingerprint density at radius 3 is 2.95 bits per heavy atom. The van der Waals surface area contributed by atoms with Crippen molar-refractivity contribution < 1.29 is 13.9 Å². The SMILES string of the molecule is CCOC1CC(CC(=O)Nc2cc(F)ccc2N)C1. The van der Waals surface area contributed by atoms with Crippen LogP contribution in [-0.2, 0) is 9.53 Å². The molecule has 0 aliphatic heterocycles. The van der Waals surface area contributed by atoms with Crippen LogP contribution < -0.4 is 11.1 Å². The van der Waals surface area contributed by atoms with Gasteiger partial charge in [-0.25, -0.2) is 4.39 Å². The predicted molar refractivity (Wildman–Crippen MR) is 72.2 cm³/mol. The molecule has 1 saturated carbocycles. The number of carbonyl (C=O) groups is 1. The van der Waals surface area contributed by atoms with Crippen LogP contribution in [0.1, 0.15) is 26.2 Å². The van der Waals surface area contributed by atoms with Crippen molar-refractivity contribution in [3.8, 4) is 0 Å². The molecule has 1 amide bonds. The number of amides is 1. The molecule has 0 spiro atoms. The lowest BCUT2D eigenvalue weighted by atomic mass is 9.80. The lowest BCUT2D eigenvalue weighted by Crippen LogP contribution is -2.33. The number of hydrogen-bond donors (Lipinski definition) is 2. The number of nitrogens with two attached hydrogens (primary N) is 1. The Hall–Kier alpha value is -1.62. The van der Waals surface area contributed by atoms with E-state index in [2.05, 4.69) is 5.32 Å². The average molecular weight is 266 g/mol. The first kappa shape index (κ1) is 13.8. The summed E-state index contributed by atoms with van der Waals surface area (Å²) < 4.78 is 18.5. The fourth-order valence-corrected chi connectivity index (χ4v) is 2.31. The maximum atomic E-state index is 13.1. The Labute approximate surface area is 112 Å². The van der Waals surface area contributed by atoms with Gasteiger partial charge in [0.2, 0.25) is 5.91 Å². The van der Waals surface area contributed by atoms with Crippen molar-refractivity contribution in [1.82, 2.24) is 0 Å². The van der Waals surface area contributed by atoms with Gasteiger partial charge in [-0.15, -0.1) is 0 Å². The Morgan fingerprint density at radius 1 is 1.53 bits per heavy atom. The molecule has 1 aliphatic rings. The zero-order valence-electron chi connectivity index (χ0n) is 11.0. The third-order valence-corrected chi connectivity index (χ3v) is 3.36. The number of rotatable bonds is 5. The fourth-order valence-electron chi connectivity index (χ4n) is 2.31. The molecule has 2 rings (SSSR count). The van der Waals surface area contributed by atoms with E-state index >= 15 is 0 Å². The van der Waals surface area contributed by atoms with Crippen LogP contribution in [0.3, 0.4) is 0 Å². The van der Waals surface area contributed by atoms with Gasteiger partial charge in [-0.2, -0.15) is 0 Å². The summed E-state index contributed by atoms with van der Waals surface area (Å²) in [5, 5.41) is 2.65. The fraction of sp³-hybridized carbons (Fsp3) is 0.500. The van der Waals surface area contributed by atoms with Crippen molar-refractivity contribution in [2.24, 2.45) is 5.92 Å². The van der Waals surface area contributed by atoms with Crippen molar-refractivity contribution in [2.75, 3.05) is 17.7 Å². The van der Waals surface area contributed by atoms with Gasteiger partial charge in [0.05, 0.1) is 17.5 Å². The highest BCUT2D eigenvalue weighted by molar-refractivity contribution is 5.93. The lowest BCUT2D eigenvalue weighted by molar-refractivity contribution is -0.119. The first-order chi connectivity index (χ1) is 9.08. The molecule has 5 heteroatoms. The molecular weight excluding hydrogens is 247 g/mol. The molecule has 3 N–H and O–H groups in total. The molecule has 0 atom stereocenters. The predicted octanol–water partition coefficient (Wildman–Crippen LogP) is 2.55. The van der Waals surface area contributed by atoms with Gasteiger partial charge < -0.3 is 15.8 Å². The van der Waals surface area contributed by atoms with Gasteiger partial charge in [0.15, 0.2) is 0 Å². The maximum Gasteiger partial charge on any atom is 0.224 e. The van der Waals surface area contributed by atoms with Gasteiger partial charge in [-0.05, 0) is 43.9 Å². The van der Waals surface area contributed by atoms with E-state index in [0.717, 1.165) is 12.8 Å². The third-order valence-electron chi connectivity index (χ3n) is 3.36. The minimum Gasteiger partial charge on any atom is -0.397 e. The van der Waals surface area contributed by atoms with Gasteiger partial charge in [-0.3, -0.25) is 4.79 Å². The Balaban J connectivity index is 1.80. The van der Waals surface area contributed by atoms with Crippen LogP contribution in [0.4, 0.5) is 15.8 Å². The molecule has 0 bridgehead atoms. The van der Waals surface area contributed by atoms with Crippen molar-refractivity contribution >= 4 is 17.3 Å². The third kappa shape index (κ3) is 3.67. The molecule has 0 radical (unpaired) electrons. The summed E-state index contributed by atoms with van der Waals surface area (Å²) in [6, 6.07) is 3.94. The summed E-state index contributed by atoms with van der Waals surface area (Å²) >= 11 is 0. The zero-order valence-corrected chi connectivity index (χ0v) is 11.0. The van der Waals surface area contributed by atoms with Crippen LogP contribution in [0.5, 0.6) is 0 Å². The van der Waals surface area contributed by atoms with Crippen LogP contribution in [0.25, 0.3) is 0 Å². The van der Waals surface area contributed by atoms with Crippen LogP contribution in [0.2, 0.25) is 0 Å². The number of hydrogen-bond acceptors (Lipinski definition) is 3.